The predicted molar refractivity (Wildman–Crippen MR) is 248 cm³/mol. The molecule has 1 aromatic heterocycles. The number of nitrogens with one attached hydrogen (secondary N) is 4. The molecule has 1 saturated carbocycles. The van der Waals surface area contributed by atoms with Crippen LogP contribution < -0.4 is 52.7 Å². The van der Waals surface area contributed by atoms with Crippen LogP contribution in [0.5, 0.6) is 17.2 Å². The SMILES string of the molecule is Cc1nc(-c2ccc(OC3CCC3)cc2)nc(C)c1C(=O)N[C@@H](CCN)C(=O)N(C)[C@@H]1C(=O)N[C@@H](C)C(=O)N[C@H](C(=O)NCC#N)Cc2ccc(OCCN)c(c2)-c2cc1ccc2OCCN. The Kier molecular flexibility index (Phi) is 16.8. The number of likely N-dealkylation sites (N-methyl/N-ethyl adjacent to an activating group) is 1. The molecule has 354 valence electrons. The van der Waals surface area contributed by atoms with Crippen LogP contribution in [0.4, 0.5) is 0 Å². The van der Waals surface area contributed by atoms with Crippen molar-refractivity contribution in [2.24, 2.45) is 17.2 Å². The van der Waals surface area contributed by atoms with Crippen LogP contribution in [0, 0.1) is 25.2 Å². The number of fused-ring (bicyclic) bond motifs is 5. The van der Waals surface area contributed by atoms with Gasteiger partial charge in [0.15, 0.2) is 5.82 Å². The maximum atomic E-state index is 14.7. The number of amides is 5. The molecule has 2 heterocycles. The van der Waals surface area contributed by atoms with Crippen LogP contribution in [0.1, 0.15) is 71.5 Å². The minimum Gasteiger partial charge on any atom is -0.492 e. The Hall–Kier alpha value is -7.14. The summed E-state index contributed by atoms with van der Waals surface area (Å²) >= 11 is 0. The van der Waals surface area contributed by atoms with Crippen LogP contribution >= 0.6 is 0 Å². The average molecular weight is 918 g/mol. The molecule has 0 radical (unpaired) electrons. The van der Waals surface area contributed by atoms with Crippen molar-refractivity contribution in [3.8, 4) is 45.8 Å². The van der Waals surface area contributed by atoms with E-state index < -0.39 is 53.7 Å². The number of rotatable bonds is 17. The number of nitrogens with zero attached hydrogens (tertiary/aromatic N) is 4. The third kappa shape index (κ3) is 12.0. The molecule has 0 saturated heterocycles. The molecular formula is C48H59N11O8. The molecule has 3 aromatic carbocycles. The van der Waals surface area contributed by atoms with E-state index in [4.69, 9.17) is 31.4 Å². The van der Waals surface area contributed by atoms with Crippen molar-refractivity contribution < 1.29 is 38.2 Å². The highest BCUT2D eigenvalue weighted by Crippen LogP contribution is 2.40. The van der Waals surface area contributed by atoms with Crippen molar-refractivity contribution in [1.82, 2.24) is 36.1 Å². The first kappa shape index (κ1) is 49.3. The first-order chi connectivity index (χ1) is 32.3. The highest BCUT2D eigenvalue weighted by Gasteiger charge is 2.36. The first-order valence-electron chi connectivity index (χ1n) is 22.3. The maximum Gasteiger partial charge on any atom is 0.255 e. The Morgan fingerprint density at radius 2 is 1.52 bits per heavy atom. The Morgan fingerprint density at radius 3 is 2.12 bits per heavy atom. The van der Waals surface area contributed by atoms with Crippen LogP contribution in [0.3, 0.4) is 0 Å². The van der Waals surface area contributed by atoms with E-state index in [0.29, 0.717) is 51.0 Å². The van der Waals surface area contributed by atoms with Gasteiger partial charge in [-0.1, -0.05) is 12.1 Å². The quantitative estimate of drug-likeness (QED) is 0.0745. The largest absolute Gasteiger partial charge is 0.492 e. The minimum atomic E-state index is -1.41. The van der Waals surface area contributed by atoms with E-state index in [2.05, 4.69) is 31.2 Å². The van der Waals surface area contributed by atoms with Crippen LogP contribution in [0.15, 0.2) is 60.7 Å². The summed E-state index contributed by atoms with van der Waals surface area (Å²) in [6.45, 7) is 5.16. The Morgan fingerprint density at radius 1 is 0.881 bits per heavy atom. The van der Waals surface area contributed by atoms with E-state index in [1.807, 2.05) is 30.3 Å². The van der Waals surface area contributed by atoms with E-state index in [1.165, 1.54) is 18.9 Å². The van der Waals surface area contributed by atoms with Gasteiger partial charge in [0.25, 0.3) is 5.91 Å². The van der Waals surface area contributed by atoms with Gasteiger partial charge in [-0.05, 0) is 113 Å². The number of aromatic nitrogens is 2. The Labute approximate surface area is 389 Å². The van der Waals surface area contributed by atoms with Gasteiger partial charge in [-0.15, -0.1) is 0 Å². The molecule has 67 heavy (non-hydrogen) atoms. The zero-order valence-corrected chi connectivity index (χ0v) is 38.2. The topological polar surface area (TPSA) is 292 Å². The van der Waals surface area contributed by atoms with Gasteiger partial charge in [0, 0.05) is 43.2 Å². The number of benzene rings is 3. The number of carbonyl (C=O) groups excluding carboxylic acids is 5. The highest BCUT2D eigenvalue weighted by atomic mass is 16.5. The number of nitrogens with two attached hydrogens (primary N) is 3. The van der Waals surface area contributed by atoms with Gasteiger partial charge in [-0.25, -0.2) is 9.97 Å². The molecule has 4 aromatic rings. The van der Waals surface area contributed by atoms with Crippen molar-refractivity contribution in [2.75, 3.05) is 46.4 Å². The third-order valence-electron chi connectivity index (χ3n) is 11.6. The molecule has 0 spiro atoms. The van der Waals surface area contributed by atoms with Crippen LogP contribution in [0.25, 0.3) is 22.5 Å². The molecule has 5 amide bonds. The number of hydrogen-bond acceptors (Lipinski definition) is 14. The van der Waals surface area contributed by atoms with Gasteiger partial charge < -0.3 is 57.6 Å². The smallest absolute Gasteiger partial charge is 0.255 e. The van der Waals surface area contributed by atoms with Gasteiger partial charge >= 0.3 is 0 Å². The van der Waals surface area contributed by atoms with E-state index in [0.717, 1.165) is 30.6 Å². The standard InChI is InChI=1S/C48H59N11O8/c1-27-41(28(2)55-43(54-27)31-9-12-34(13-10-31)67-33-6-5-7-33)46(62)57-37(16-17-49)48(64)59(4)42-32-11-15-40(66-23-20-52)36(26-32)35-24-30(8-14-39(35)65-22-19-51)25-38(45(61)53-21-18-50)58-44(60)29(3)56-47(42)63/h8-15,24,26,29,33,37-38,42H,5-7,16-17,19-23,25,49,51-52H2,1-4H3,(H,53,61)(H,56,63)(H,57,62)(H,58,60)/t29-,37-,38-,42-/m0/s1. The Bertz CT molecular complexity index is 2470. The second-order valence-electron chi connectivity index (χ2n) is 16.5. The number of hydrogen-bond donors (Lipinski definition) is 7. The predicted octanol–water partition coefficient (Wildman–Crippen LogP) is 1.87. The summed E-state index contributed by atoms with van der Waals surface area (Å²) in [5.41, 5.74) is 21.3. The summed E-state index contributed by atoms with van der Waals surface area (Å²) < 4.78 is 18.2. The lowest BCUT2D eigenvalue weighted by molar-refractivity contribution is -0.141. The molecule has 4 atom stereocenters. The van der Waals surface area contributed by atoms with Gasteiger partial charge in [0.1, 0.15) is 61.2 Å². The second-order valence-corrected chi connectivity index (χ2v) is 16.5. The van der Waals surface area contributed by atoms with Gasteiger partial charge in [-0.3, -0.25) is 24.0 Å². The summed E-state index contributed by atoms with van der Waals surface area (Å²) in [5, 5.41) is 19.9. The molecule has 10 N–H and O–H groups in total. The Balaban J connectivity index is 1.36. The molecule has 0 unspecified atom stereocenters. The summed E-state index contributed by atoms with van der Waals surface area (Å²) in [6.07, 6.45) is 3.46. The lowest BCUT2D eigenvalue weighted by atomic mass is 9.93. The van der Waals surface area contributed by atoms with Gasteiger partial charge in [0.05, 0.1) is 29.1 Å². The fourth-order valence-electron chi connectivity index (χ4n) is 7.90. The fourth-order valence-corrected chi connectivity index (χ4v) is 7.90. The number of nitriles is 1. The molecule has 6 rings (SSSR count). The number of ether oxygens (including phenoxy) is 3. The lowest BCUT2D eigenvalue weighted by Crippen LogP contribution is -2.56. The summed E-state index contributed by atoms with van der Waals surface area (Å²) in [5.74, 6) is -1.42. The van der Waals surface area contributed by atoms with Crippen molar-refractivity contribution in [2.45, 2.75) is 83.1 Å². The second kappa shape index (κ2) is 22.9. The molecule has 19 heteroatoms. The monoisotopic (exact) mass is 917 g/mol. The first-order valence-corrected chi connectivity index (χ1v) is 22.3. The van der Waals surface area contributed by atoms with E-state index in [9.17, 15) is 29.2 Å². The molecule has 1 fully saturated rings. The maximum absolute atomic E-state index is 14.7. The average Bonchev–Trinajstić information content (AvgIpc) is 3.29. The van der Waals surface area contributed by atoms with E-state index in [-0.39, 0.29) is 63.9 Å². The van der Waals surface area contributed by atoms with E-state index >= 15 is 0 Å². The van der Waals surface area contributed by atoms with Crippen LogP contribution in [-0.4, -0.2) is 115 Å². The lowest BCUT2D eigenvalue weighted by Gasteiger charge is -2.32. The van der Waals surface area contributed by atoms with Crippen molar-refractivity contribution in [3.05, 3.63) is 88.7 Å². The van der Waals surface area contributed by atoms with Gasteiger partial charge in [-0.2, -0.15) is 5.26 Å². The van der Waals surface area contributed by atoms with Crippen LogP contribution in [0.2, 0.25) is 0 Å². The molecule has 19 nitrogen and oxygen atoms in total. The van der Waals surface area contributed by atoms with Crippen molar-refractivity contribution in [3.63, 3.8) is 0 Å². The third-order valence-corrected chi connectivity index (χ3v) is 11.6. The highest BCUT2D eigenvalue weighted by molar-refractivity contribution is 6.00. The summed E-state index contributed by atoms with van der Waals surface area (Å²) in [7, 11) is 1.41. The number of aryl methyl sites for hydroxylation is 2. The molecule has 1 aliphatic heterocycles. The zero-order chi connectivity index (χ0) is 48.2. The number of carbonyl (C=O) groups is 5. The molecule has 2 aliphatic rings. The van der Waals surface area contributed by atoms with Gasteiger partial charge in [0.2, 0.25) is 23.6 Å². The molecule has 4 bridgehead atoms. The normalized spacial score (nSPS) is 17.6. The zero-order valence-electron chi connectivity index (χ0n) is 38.2. The van der Waals surface area contributed by atoms with Crippen LogP contribution in [-0.2, 0) is 25.6 Å². The fraction of sp³-hybridized carbons (Fsp3) is 0.417. The van der Waals surface area contributed by atoms with Crippen molar-refractivity contribution in [1.29, 1.82) is 5.26 Å². The molecular weight excluding hydrogens is 859 g/mol. The molecule has 1 aliphatic carbocycles. The van der Waals surface area contributed by atoms with E-state index in [1.54, 1.807) is 50.2 Å². The summed E-state index contributed by atoms with van der Waals surface area (Å²) in [6, 6.07) is 14.5. The van der Waals surface area contributed by atoms with Crippen molar-refractivity contribution >= 4 is 29.5 Å². The summed E-state index contributed by atoms with van der Waals surface area (Å²) in [4.78, 5) is 81.0. The minimum absolute atomic E-state index is 0.000106.